The summed E-state index contributed by atoms with van der Waals surface area (Å²) in [7, 11) is -9.10. The van der Waals surface area contributed by atoms with Crippen molar-refractivity contribution in [1.82, 2.24) is 4.98 Å². The van der Waals surface area contributed by atoms with Crippen molar-refractivity contribution < 1.29 is 22.8 Å². The Hall–Kier alpha value is -1.67. The quantitative estimate of drug-likeness (QED) is 0.575. The fourth-order valence-electron chi connectivity index (χ4n) is 2.46. The molecule has 0 radical (unpaired) electrons. The van der Waals surface area contributed by atoms with Gasteiger partial charge in [0.25, 0.3) is 10.0 Å². The molecule has 0 aliphatic carbocycles. The molecule has 0 aliphatic rings. The van der Waals surface area contributed by atoms with E-state index in [1.807, 2.05) is 0 Å². The first-order valence-corrected chi connectivity index (χ1v) is 11.4. The van der Waals surface area contributed by atoms with E-state index < -0.39 is 23.9 Å². The molecule has 1 heterocycles. The number of aromatic nitrogens is 1. The van der Waals surface area contributed by atoms with E-state index in [1.165, 1.54) is 18.3 Å². The molecular formula is C16H13Cl2N2O5PS. The van der Waals surface area contributed by atoms with Gasteiger partial charge in [0.15, 0.2) is 0 Å². The second-order valence-electron chi connectivity index (χ2n) is 5.65. The number of sulfonamides is 1. The number of rotatable bonds is 5. The van der Waals surface area contributed by atoms with Crippen LogP contribution in [0.1, 0.15) is 0 Å². The number of para-hydroxylation sites is 1. The normalized spacial score (nSPS) is 12.3. The van der Waals surface area contributed by atoms with Crippen molar-refractivity contribution in [3.8, 4) is 0 Å². The van der Waals surface area contributed by atoms with Crippen molar-refractivity contribution >= 4 is 57.4 Å². The Bertz CT molecular complexity index is 1150. The van der Waals surface area contributed by atoms with Crippen LogP contribution in [-0.2, 0) is 14.6 Å². The van der Waals surface area contributed by atoms with Crippen molar-refractivity contribution in [2.75, 3.05) is 10.6 Å². The van der Waals surface area contributed by atoms with Crippen molar-refractivity contribution in [3.63, 3.8) is 0 Å². The second kappa shape index (κ2) is 7.39. The first-order chi connectivity index (χ1) is 12.6. The van der Waals surface area contributed by atoms with Gasteiger partial charge in [-0.05, 0) is 30.3 Å². The lowest BCUT2D eigenvalue weighted by Gasteiger charge is -2.25. The topological polar surface area (TPSA) is 108 Å². The maximum atomic E-state index is 13.1. The lowest BCUT2D eigenvalue weighted by Crippen LogP contribution is -2.32. The highest BCUT2D eigenvalue weighted by molar-refractivity contribution is 7.93. The Morgan fingerprint density at radius 2 is 1.67 bits per heavy atom. The lowest BCUT2D eigenvalue weighted by atomic mass is 10.2. The summed E-state index contributed by atoms with van der Waals surface area (Å²) in [6.45, 7) is 0. The molecule has 142 valence electrons. The van der Waals surface area contributed by atoms with Gasteiger partial charge in [-0.1, -0.05) is 41.4 Å². The average Bonchev–Trinajstić information content (AvgIpc) is 2.57. The summed E-state index contributed by atoms with van der Waals surface area (Å²) in [6, 6.07) is 12.1. The number of pyridine rings is 1. The Morgan fingerprint density at radius 1 is 1.04 bits per heavy atom. The number of fused-ring (bicyclic) bond motifs is 1. The van der Waals surface area contributed by atoms with Crippen LogP contribution in [-0.4, -0.2) is 29.5 Å². The largest absolute Gasteiger partial charge is 0.345 e. The number of hydrogen-bond donors (Lipinski definition) is 2. The highest BCUT2D eigenvalue weighted by atomic mass is 35.5. The number of halogens is 2. The maximum absolute atomic E-state index is 13.1. The van der Waals surface area contributed by atoms with Gasteiger partial charge in [-0.15, -0.1) is 0 Å². The first-order valence-electron chi connectivity index (χ1n) is 7.44. The molecule has 0 aliphatic heterocycles. The van der Waals surface area contributed by atoms with Crippen molar-refractivity contribution in [1.29, 1.82) is 0 Å². The van der Waals surface area contributed by atoms with E-state index >= 15 is 0 Å². The maximum Gasteiger partial charge on any atom is 0.345 e. The molecule has 0 atom stereocenters. The summed E-state index contributed by atoms with van der Waals surface area (Å²) in [5.41, 5.74) is 0.619. The monoisotopic (exact) mass is 446 g/mol. The molecule has 0 fully saturated rings. The number of hydrogen-bond acceptors (Lipinski definition) is 4. The molecular weight excluding hydrogens is 434 g/mol. The average molecular weight is 447 g/mol. The molecule has 3 aromatic rings. The summed E-state index contributed by atoms with van der Waals surface area (Å²) in [6.07, 6.45) is 0.182. The third kappa shape index (κ3) is 4.60. The number of nitrogens with zero attached hydrogens (tertiary/aromatic N) is 2. The number of benzene rings is 2. The minimum Gasteiger partial charge on any atom is -0.323 e. The van der Waals surface area contributed by atoms with Crippen LogP contribution in [0.15, 0.2) is 59.6 Å². The predicted molar refractivity (Wildman–Crippen MR) is 105 cm³/mol. The highest BCUT2D eigenvalue weighted by Crippen LogP contribution is 2.40. The molecule has 0 saturated heterocycles. The Kier molecular flexibility index (Phi) is 5.49. The molecule has 2 aromatic carbocycles. The van der Waals surface area contributed by atoms with E-state index in [2.05, 4.69) is 4.98 Å². The molecule has 0 spiro atoms. The van der Waals surface area contributed by atoms with Crippen LogP contribution >= 0.6 is 30.8 Å². The van der Waals surface area contributed by atoms with Crippen molar-refractivity contribution in [2.45, 2.75) is 4.90 Å². The lowest BCUT2D eigenvalue weighted by molar-refractivity contribution is 0.373. The van der Waals surface area contributed by atoms with Crippen LogP contribution in [0.2, 0.25) is 10.0 Å². The fourth-order valence-corrected chi connectivity index (χ4v) is 5.86. The molecule has 0 saturated carbocycles. The van der Waals surface area contributed by atoms with Crippen molar-refractivity contribution in [2.24, 2.45) is 0 Å². The molecule has 27 heavy (non-hydrogen) atoms. The van der Waals surface area contributed by atoms with Crippen LogP contribution in [0.3, 0.4) is 0 Å². The van der Waals surface area contributed by atoms with E-state index in [-0.39, 0.29) is 20.6 Å². The molecule has 7 nitrogen and oxygen atoms in total. The van der Waals surface area contributed by atoms with E-state index in [0.717, 1.165) is 12.1 Å². The smallest absolute Gasteiger partial charge is 0.323 e. The van der Waals surface area contributed by atoms with Crippen LogP contribution in [0.4, 0.5) is 5.69 Å². The zero-order chi connectivity index (χ0) is 19.8. The van der Waals surface area contributed by atoms with E-state index in [1.54, 1.807) is 24.3 Å². The minimum atomic E-state index is -4.74. The van der Waals surface area contributed by atoms with Gasteiger partial charge < -0.3 is 9.79 Å². The summed E-state index contributed by atoms with van der Waals surface area (Å²) in [5, 5.41) is 0.771. The Morgan fingerprint density at radius 3 is 2.30 bits per heavy atom. The fraction of sp³-hybridized carbons (Fsp3) is 0.0625. The SMILES string of the molecule is O=P(O)(O)CN(c1cnc2ccccc2c1)S(=O)(=O)c1cc(Cl)cc(Cl)c1. The molecule has 0 bridgehead atoms. The van der Waals surface area contributed by atoms with Gasteiger partial charge in [0, 0.05) is 15.4 Å². The van der Waals surface area contributed by atoms with Crippen LogP contribution in [0.5, 0.6) is 0 Å². The first kappa shape index (κ1) is 20.1. The summed E-state index contributed by atoms with van der Waals surface area (Å²) < 4.78 is 38.4. The standard InChI is InChI=1S/C16H13Cl2N2O5PS/c17-12-6-13(18)8-15(7-12)27(24,25)20(10-26(21,22)23)14-5-11-3-1-2-4-16(11)19-9-14/h1-9H,10H2,(H2,21,22,23). The van der Waals surface area contributed by atoms with E-state index in [4.69, 9.17) is 23.2 Å². The van der Waals surface area contributed by atoms with Gasteiger partial charge in [-0.2, -0.15) is 0 Å². The summed E-state index contributed by atoms with van der Waals surface area (Å²) >= 11 is 11.8. The molecule has 11 heteroatoms. The molecule has 1 aromatic heterocycles. The molecule has 0 amide bonds. The highest BCUT2D eigenvalue weighted by Gasteiger charge is 2.32. The third-order valence-electron chi connectivity index (χ3n) is 3.60. The second-order valence-corrected chi connectivity index (χ2v) is 10.00. The van der Waals surface area contributed by atoms with Crippen LogP contribution in [0, 0.1) is 0 Å². The van der Waals surface area contributed by atoms with Gasteiger partial charge in [0.1, 0.15) is 6.29 Å². The minimum absolute atomic E-state index is 0.00752. The summed E-state index contributed by atoms with van der Waals surface area (Å²) in [5.74, 6) is 0. The van der Waals surface area contributed by atoms with Gasteiger partial charge in [0.2, 0.25) is 0 Å². The predicted octanol–water partition coefficient (Wildman–Crippen LogP) is 3.87. The Balaban J connectivity index is 2.19. The zero-order valence-corrected chi connectivity index (χ0v) is 16.8. The van der Waals surface area contributed by atoms with Gasteiger partial charge in [0.05, 0.1) is 22.3 Å². The summed E-state index contributed by atoms with van der Waals surface area (Å²) in [4.78, 5) is 22.7. The molecule has 2 N–H and O–H groups in total. The molecule has 3 rings (SSSR count). The zero-order valence-electron chi connectivity index (χ0n) is 13.5. The third-order valence-corrected chi connectivity index (χ3v) is 6.63. The number of anilines is 1. The van der Waals surface area contributed by atoms with Gasteiger partial charge in [-0.3, -0.25) is 13.9 Å². The van der Waals surface area contributed by atoms with Crippen molar-refractivity contribution in [3.05, 3.63) is 64.8 Å². The van der Waals surface area contributed by atoms with Gasteiger partial charge >= 0.3 is 7.60 Å². The van der Waals surface area contributed by atoms with Gasteiger partial charge in [-0.25, -0.2) is 8.42 Å². The Labute approximate surface area is 165 Å². The van der Waals surface area contributed by atoms with E-state index in [0.29, 0.717) is 15.2 Å². The van der Waals surface area contributed by atoms with E-state index in [9.17, 15) is 22.8 Å². The van der Waals surface area contributed by atoms with Crippen LogP contribution < -0.4 is 4.31 Å². The van der Waals surface area contributed by atoms with Crippen LogP contribution in [0.25, 0.3) is 10.9 Å². The molecule has 0 unspecified atom stereocenters.